The van der Waals surface area contributed by atoms with Crippen molar-refractivity contribution in [3.8, 4) is 17.1 Å². The SMILES string of the molecule is COc1nc2c(cc1C)NC(=O)C(C)c1ccccc1-2.[HH]. The first-order valence-corrected chi connectivity index (χ1v) is 6.57. The van der Waals surface area contributed by atoms with E-state index in [0.717, 1.165) is 28.1 Å². The maximum absolute atomic E-state index is 12.2. The van der Waals surface area contributed by atoms with E-state index in [9.17, 15) is 4.79 Å². The van der Waals surface area contributed by atoms with Crippen molar-refractivity contribution in [2.75, 3.05) is 12.4 Å². The molecule has 0 fully saturated rings. The monoisotopic (exact) mass is 270 g/mol. The lowest BCUT2D eigenvalue weighted by Gasteiger charge is -2.12. The molecular weight excluding hydrogens is 252 g/mol. The minimum Gasteiger partial charge on any atom is -0.481 e. The fourth-order valence-electron chi connectivity index (χ4n) is 2.58. The van der Waals surface area contributed by atoms with Crippen molar-refractivity contribution in [2.24, 2.45) is 0 Å². The summed E-state index contributed by atoms with van der Waals surface area (Å²) in [6.45, 7) is 3.82. The van der Waals surface area contributed by atoms with Crippen LogP contribution in [0.1, 0.15) is 25.4 Å². The van der Waals surface area contributed by atoms with Crippen LogP contribution in [-0.4, -0.2) is 18.0 Å². The summed E-state index contributed by atoms with van der Waals surface area (Å²) in [6, 6.07) is 9.78. The molecule has 1 aromatic heterocycles. The largest absolute Gasteiger partial charge is 0.481 e. The number of methoxy groups -OCH3 is 1. The molecule has 0 aliphatic carbocycles. The molecule has 4 heteroatoms. The normalized spacial score (nSPS) is 16.8. The van der Waals surface area contributed by atoms with E-state index in [0.29, 0.717) is 5.88 Å². The summed E-state index contributed by atoms with van der Waals surface area (Å²) in [4.78, 5) is 16.8. The van der Waals surface area contributed by atoms with E-state index in [1.807, 2.05) is 44.2 Å². The number of hydrogen-bond acceptors (Lipinski definition) is 3. The lowest BCUT2D eigenvalue weighted by atomic mass is 9.94. The summed E-state index contributed by atoms with van der Waals surface area (Å²) in [6.07, 6.45) is 0. The Morgan fingerprint density at radius 2 is 2.10 bits per heavy atom. The molecule has 0 radical (unpaired) electrons. The van der Waals surface area contributed by atoms with Crippen LogP contribution in [0.15, 0.2) is 30.3 Å². The highest BCUT2D eigenvalue weighted by molar-refractivity contribution is 6.02. The predicted molar refractivity (Wildman–Crippen MR) is 80.1 cm³/mol. The van der Waals surface area contributed by atoms with Crippen molar-refractivity contribution in [3.05, 3.63) is 41.5 Å². The molecule has 3 rings (SSSR count). The number of ether oxygens (including phenoxy) is 1. The summed E-state index contributed by atoms with van der Waals surface area (Å²) in [5, 5.41) is 2.95. The highest BCUT2D eigenvalue weighted by Gasteiger charge is 2.26. The standard InChI is InChI=1S/C16H16N2O2.H2/c1-9-8-13-14(18-16(9)20-3)12-7-5-4-6-11(12)10(2)15(19)17-13;/h4-8,10H,1-3H3,(H,17,19);1H. The number of rotatable bonds is 1. The molecule has 0 saturated carbocycles. The molecule has 2 aromatic rings. The van der Waals surface area contributed by atoms with Gasteiger partial charge in [-0.2, -0.15) is 0 Å². The number of nitrogens with zero attached hydrogens (tertiary/aromatic N) is 1. The fraction of sp³-hybridized carbons (Fsp3) is 0.250. The summed E-state index contributed by atoms with van der Waals surface area (Å²) >= 11 is 0. The smallest absolute Gasteiger partial charge is 0.231 e. The van der Waals surface area contributed by atoms with Crippen molar-refractivity contribution in [1.82, 2.24) is 4.98 Å². The molecule has 0 spiro atoms. The molecule has 1 unspecified atom stereocenters. The fourth-order valence-corrected chi connectivity index (χ4v) is 2.58. The van der Waals surface area contributed by atoms with E-state index in [1.54, 1.807) is 7.11 Å². The first-order chi connectivity index (χ1) is 9.61. The lowest BCUT2D eigenvalue weighted by Crippen LogP contribution is -2.17. The van der Waals surface area contributed by atoms with Gasteiger partial charge in [-0.15, -0.1) is 0 Å². The number of aryl methyl sites for hydroxylation is 1. The van der Waals surface area contributed by atoms with E-state index in [-0.39, 0.29) is 13.3 Å². The number of aromatic nitrogens is 1. The van der Waals surface area contributed by atoms with Crippen LogP contribution >= 0.6 is 0 Å². The molecule has 1 N–H and O–H groups in total. The van der Waals surface area contributed by atoms with E-state index in [4.69, 9.17) is 4.74 Å². The van der Waals surface area contributed by atoms with Gasteiger partial charge in [0.25, 0.3) is 0 Å². The number of fused-ring (bicyclic) bond motifs is 3. The molecule has 104 valence electrons. The van der Waals surface area contributed by atoms with Gasteiger partial charge in [0, 0.05) is 12.6 Å². The van der Waals surface area contributed by atoms with Gasteiger partial charge >= 0.3 is 0 Å². The number of carbonyl (C=O) groups is 1. The zero-order valence-corrected chi connectivity index (χ0v) is 11.7. The first-order valence-electron chi connectivity index (χ1n) is 6.57. The van der Waals surface area contributed by atoms with Crippen LogP contribution in [0, 0.1) is 6.92 Å². The third-order valence-electron chi connectivity index (χ3n) is 3.69. The number of nitrogens with one attached hydrogen (secondary N) is 1. The number of carbonyl (C=O) groups excluding carboxylic acids is 1. The van der Waals surface area contributed by atoms with Gasteiger partial charge in [0.05, 0.1) is 24.4 Å². The third-order valence-corrected chi connectivity index (χ3v) is 3.69. The zero-order chi connectivity index (χ0) is 14.3. The highest BCUT2D eigenvalue weighted by atomic mass is 16.5. The Bertz CT molecular complexity index is 701. The number of amides is 1. The van der Waals surface area contributed by atoms with Crippen LogP contribution in [0.5, 0.6) is 5.88 Å². The average molecular weight is 270 g/mol. The quantitative estimate of drug-likeness (QED) is 0.864. The minimum absolute atomic E-state index is 0. The molecular formula is C16H18N2O2. The Morgan fingerprint density at radius 3 is 2.85 bits per heavy atom. The van der Waals surface area contributed by atoms with Crippen LogP contribution in [-0.2, 0) is 4.79 Å². The Labute approximate surface area is 119 Å². The molecule has 1 atom stereocenters. The Kier molecular flexibility index (Phi) is 2.93. The summed E-state index contributed by atoms with van der Waals surface area (Å²) in [7, 11) is 1.60. The Hall–Kier alpha value is -2.36. The van der Waals surface area contributed by atoms with Gasteiger partial charge in [-0.3, -0.25) is 4.79 Å². The second-order valence-electron chi connectivity index (χ2n) is 5.01. The van der Waals surface area contributed by atoms with Gasteiger partial charge in [-0.1, -0.05) is 24.3 Å². The van der Waals surface area contributed by atoms with E-state index >= 15 is 0 Å². The zero-order valence-electron chi connectivity index (χ0n) is 11.7. The number of pyridine rings is 1. The van der Waals surface area contributed by atoms with Gasteiger partial charge in [0.1, 0.15) is 0 Å². The van der Waals surface area contributed by atoms with E-state index in [1.165, 1.54) is 0 Å². The molecule has 0 saturated heterocycles. The van der Waals surface area contributed by atoms with Crippen LogP contribution in [0.25, 0.3) is 11.3 Å². The van der Waals surface area contributed by atoms with Crippen molar-refractivity contribution in [3.63, 3.8) is 0 Å². The summed E-state index contributed by atoms with van der Waals surface area (Å²) in [5.74, 6) is 0.372. The number of benzene rings is 1. The molecule has 4 nitrogen and oxygen atoms in total. The van der Waals surface area contributed by atoms with Crippen molar-refractivity contribution in [1.29, 1.82) is 0 Å². The van der Waals surface area contributed by atoms with E-state index in [2.05, 4.69) is 10.3 Å². The van der Waals surface area contributed by atoms with Crippen LogP contribution in [0.2, 0.25) is 0 Å². The molecule has 20 heavy (non-hydrogen) atoms. The first kappa shape index (κ1) is 12.7. The van der Waals surface area contributed by atoms with Gasteiger partial charge in [-0.25, -0.2) is 4.98 Å². The molecule has 1 aliphatic heterocycles. The summed E-state index contributed by atoms with van der Waals surface area (Å²) < 4.78 is 5.30. The Morgan fingerprint density at radius 1 is 1.35 bits per heavy atom. The third kappa shape index (κ3) is 1.84. The maximum atomic E-state index is 12.2. The molecule has 1 aliphatic rings. The highest BCUT2D eigenvalue weighted by Crippen LogP contribution is 2.38. The number of hydrogen-bond donors (Lipinski definition) is 1. The van der Waals surface area contributed by atoms with Crippen molar-refractivity contribution >= 4 is 11.6 Å². The predicted octanol–water partition coefficient (Wildman–Crippen LogP) is 3.37. The lowest BCUT2D eigenvalue weighted by molar-refractivity contribution is -0.117. The van der Waals surface area contributed by atoms with E-state index < -0.39 is 0 Å². The van der Waals surface area contributed by atoms with Crippen LogP contribution in [0.4, 0.5) is 5.69 Å². The van der Waals surface area contributed by atoms with Crippen LogP contribution in [0.3, 0.4) is 0 Å². The molecule has 1 aromatic carbocycles. The van der Waals surface area contributed by atoms with Gasteiger partial charge < -0.3 is 10.1 Å². The molecule has 1 amide bonds. The van der Waals surface area contributed by atoms with Gasteiger partial charge in [-0.05, 0) is 25.5 Å². The second-order valence-corrected chi connectivity index (χ2v) is 5.01. The topological polar surface area (TPSA) is 51.2 Å². The Balaban J connectivity index is 0.00000161. The van der Waals surface area contributed by atoms with Gasteiger partial charge in [0.15, 0.2) is 0 Å². The maximum Gasteiger partial charge on any atom is 0.231 e. The van der Waals surface area contributed by atoms with Crippen molar-refractivity contribution in [2.45, 2.75) is 19.8 Å². The van der Waals surface area contributed by atoms with Gasteiger partial charge in [0.2, 0.25) is 11.8 Å². The second kappa shape index (κ2) is 4.63. The van der Waals surface area contributed by atoms with Crippen molar-refractivity contribution < 1.29 is 11.0 Å². The molecule has 2 heterocycles. The minimum atomic E-state index is -0.202. The molecule has 0 bridgehead atoms. The summed E-state index contributed by atoms with van der Waals surface area (Å²) in [5.41, 5.74) is 4.37. The van der Waals surface area contributed by atoms with Crippen LogP contribution < -0.4 is 10.1 Å². The number of anilines is 1. The average Bonchev–Trinajstić information content (AvgIpc) is 2.55.